The highest BCUT2D eigenvalue weighted by molar-refractivity contribution is 6.04. The third-order valence-electron chi connectivity index (χ3n) is 4.88. The Bertz CT molecular complexity index is 1350. The maximum absolute atomic E-state index is 12.8. The molecule has 0 radical (unpaired) electrons. The van der Waals surface area contributed by atoms with Crippen LogP contribution in [-0.2, 0) is 0 Å². The molecule has 0 fully saturated rings. The van der Waals surface area contributed by atoms with Gasteiger partial charge in [-0.2, -0.15) is 0 Å². The van der Waals surface area contributed by atoms with E-state index in [-0.39, 0.29) is 11.6 Å². The number of aromatic nitrogens is 5. The molecule has 0 saturated heterocycles. The second kappa shape index (κ2) is 7.00. The van der Waals surface area contributed by atoms with E-state index >= 15 is 0 Å². The number of aryl methyl sites for hydroxylation is 1. The van der Waals surface area contributed by atoms with Crippen molar-refractivity contribution in [1.82, 2.24) is 25.0 Å². The molecule has 0 aliphatic carbocycles. The number of carbonyl (C=O) groups excluding carboxylic acids is 1. The average molecular weight is 398 g/mol. The van der Waals surface area contributed by atoms with Gasteiger partial charge >= 0.3 is 0 Å². The van der Waals surface area contributed by atoms with Gasteiger partial charge < -0.3 is 14.7 Å². The van der Waals surface area contributed by atoms with Gasteiger partial charge in [-0.3, -0.25) is 4.79 Å². The monoisotopic (exact) mass is 398 g/mol. The molecule has 148 valence electrons. The van der Waals surface area contributed by atoms with Crippen molar-refractivity contribution in [2.24, 2.45) is 0 Å². The van der Waals surface area contributed by atoms with Crippen LogP contribution in [0.15, 0.2) is 65.3 Å². The summed E-state index contributed by atoms with van der Waals surface area (Å²) in [5.41, 5.74) is 5.15. The number of nitrogens with zero attached hydrogens (tertiary/aromatic N) is 4. The van der Waals surface area contributed by atoms with Crippen LogP contribution >= 0.6 is 0 Å². The maximum atomic E-state index is 12.8. The Kier molecular flexibility index (Phi) is 4.17. The quantitative estimate of drug-likeness (QED) is 0.471. The highest BCUT2D eigenvalue weighted by atomic mass is 16.3. The molecule has 1 amide bonds. The largest absolute Gasteiger partial charge is 0.461 e. The van der Waals surface area contributed by atoms with Crippen molar-refractivity contribution in [1.29, 1.82) is 0 Å². The van der Waals surface area contributed by atoms with E-state index in [4.69, 9.17) is 4.42 Å². The summed E-state index contributed by atoms with van der Waals surface area (Å²) in [5.74, 6) is 0.964. The van der Waals surface area contributed by atoms with Crippen molar-refractivity contribution in [3.05, 3.63) is 77.8 Å². The number of benzene rings is 2. The molecular formula is C22H18N6O2. The molecule has 0 bridgehead atoms. The number of imidazole rings is 1. The summed E-state index contributed by atoms with van der Waals surface area (Å²) >= 11 is 0. The first-order valence-corrected chi connectivity index (χ1v) is 9.43. The Morgan fingerprint density at radius 3 is 2.70 bits per heavy atom. The lowest BCUT2D eigenvalue weighted by atomic mass is 10.2. The van der Waals surface area contributed by atoms with Gasteiger partial charge in [-0.1, -0.05) is 22.9 Å². The van der Waals surface area contributed by atoms with Gasteiger partial charge in [0.15, 0.2) is 17.3 Å². The lowest BCUT2D eigenvalue weighted by molar-refractivity contribution is 0.102. The van der Waals surface area contributed by atoms with Gasteiger partial charge in [0.25, 0.3) is 5.91 Å². The summed E-state index contributed by atoms with van der Waals surface area (Å²) in [6.07, 6.45) is 1.60. The first-order chi connectivity index (χ1) is 14.6. The highest BCUT2D eigenvalue weighted by Gasteiger charge is 2.18. The lowest BCUT2D eigenvalue weighted by Gasteiger charge is -2.05. The zero-order valence-electron chi connectivity index (χ0n) is 16.4. The summed E-state index contributed by atoms with van der Waals surface area (Å²) in [5, 5.41) is 11.1. The van der Waals surface area contributed by atoms with Gasteiger partial charge in [-0.15, -0.1) is 5.10 Å². The van der Waals surface area contributed by atoms with Crippen molar-refractivity contribution >= 4 is 22.6 Å². The molecule has 0 aliphatic heterocycles. The van der Waals surface area contributed by atoms with Crippen LogP contribution in [0.1, 0.15) is 21.7 Å². The van der Waals surface area contributed by atoms with Gasteiger partial charge in [0.05, 0.1) is 28.7 Å². The summed E-state index contributed by atoms with van der Waals surface area (Å²) in [7, 11) is 0. The van der Waals surface area contributed by atoms with E-state index in [2.05, 4.69) is 25.6 Å². The minimum Gasteiger partial charge on any atom is -0.461 e. The molecular weight excluding hydrogens is 380 g/mol. The van der Waals surface area contributed by atoms with Crippen LogP contribution in [0.2, 0.25) is 0 Å². The topological polar surface area (TPSA) is 102 Å². The number of H-pyrrole nitrogens is 1. The Balaban J connectivity index is 1.40. The molecule has 0 saturated carbocycles. The molecule has 0 unspecified atom stereocenters. The van der Waals surface area contributed by atoms with E-state index < -0.39 is 0 Å². The van der Waals surface area contributed by atoms with Crippen molar-refractivity contribution in [2.75, 3.05) is 5.32 Å². The Morgan fingerprint density at radius 1 is 1.10 bits per heavy atom. The Hall–Kier alpha value is -4.20. The fraction of sp³-hybridized carbons (Fsp3) is 0.0909. The molecule has 8 nitrogen and oxygen atoms in total. The summed E-state index contributed by atoms with van der Waals surface area (Å²) < 4.78 is 7.03. The molecule has 3 heterocycles. The van der Waals surface area contributed by atoms with E-state index in [9.17, 15) is 4.79 Å². The Morgan fingerprint density at radius 2 is 1.93 bits per heavy atom. The summed E-state index contributed by atoms with van der Waals surface area (Å²) in [6, 6.07) is 17.0. The number of amides is 1. The van der Waals surface area contributed by atoms with Crippen molar-refractivity contribution < 1.29 is 9.21 Å². The van der Waals surface area contributed by atoms with Gasteiger partial charge in [-0.25, -0.2) is 9.67 Å². The third kappa shape index (κ3) is 3.14. The van der Waals surface area contributed by atoms with Gasteiger partial charge in [0.2, 0.25) is 0 Å². The standard InChI is InChI=1S/C22H18N6O2/c1-13-5-8-16(9-6-13)28-14(2)20(26-27-28)22(29)23-15-7-10-17-18(12-15)25-21(24-17)19-4-3-11-30-19/h3-12H,1-2H3,(H,23,29)(H,24,25). The van der Waals surface area contributed by atoms with Crippen LogP contribution in [-0.4, -0.2) is 30.9 Å². The molecule has 8 heteroatoms. The van der Waals surface area contributed by atoms with E-state index in [1.54, 1.807) is 23.1 Å². The van der Waals surface area contributed by atoms with E-state index in [0.717, 1.165) is 22.3 Å². The van der Waals surface area contributed by atoms with Crippen molar-refractivity contribution in [2.45, 2.75) is 13.8 Å². The van der Waals surface area contributed by atoms with Crippen molar-refractivity contribution in [3.8, 4) is 17.3 Å². The maximum Gasteiger partial charge on any atom is 0.278 e. The molecule has 0 atom stereocenters. The van der Waals surface area contributed by atoms with Crippen LogP contribution in [0.5, 0.6) is 0 Å². The van der Waals surface area contributed by atoms with Gasteiger partial charge in [-0.05, 0) is 56.3 Å². The molecule has 0 aliphatic rings. The number of fused-ring (bicyclic) bond motifs is 1. The smallest absolute Gasteiger partial charge is 0.278 e. The molecule has 0 spiro atoms. The number of anilines is 1. The average Bonchev–Trinajstić information content (AvgIpc) is 3.47. The number of rotatable bonds is 4. The summed E-state index contributed by atoms with van der Waals surface area (Å²) in [6.45, 7) is 3.84. The number of carbonyl (C=O) groups is 1. The number of nitrogens with one attached hydrogen (secondary N) is 2. The first kappa shape index (κ1) is 17.9. The minimum atomic E-state index is -0.323. The van der Waals surface area contributed by atoms with E-state index in [1.165, 1.54) is 0 Å². The zero-order chi connectivity index (χ0) is 20.7. The fourth-order valence-corrected chi connectivity index (χ4v) is 3.28. The third-order valence-corrected chi connectivity index (χ3v) is 4.88. The number of furan rings is 1. The normalized spacial score (nSPS) is 11.1. The predicted octanol–water partition coefficient (Wildman–Crippen LogP) is 4.27. The van der Waals surface area contributed by atoms with E-state index in [1.807, 2.05) is 56.3 Å². The van der Waals surface area contributed by atoms with Crippen LogP contribution < -0.4 is 5.32 Å². The van der Waals surface area contributed by atoms with Crippen LogP contribution in [0, 0.1) is 13.8 Å². The predicted molar refractivity (Wildman–Crippen MR) is 113 cm³/mol. The SMILES string of the molecule is Cc1ccc(-n2nnc(C(=O)Nc3ccc4nc(-c5ccco5)[nH]c4c3)c2C)cc1. The van der Waals surface area contributed by atoms with E-state index in [0.29, 0.717) is 23.0 Å². The van der Waals surface area contributed by atoms with Crippen LogP contribution in [0.3, 0.4) is 0 Å². The molecule has 3 aromatic heterocycles. The number of hydrogen-bond donors (Lipinski definition) is 2. The highest BCUT2D eigenvalue weighted by Crippen LogP contribution is 2.23. The molecule has 5 rings (SSSR count). The van der Waals surface area contributed by atoms with Crippen molar-refractivity contribution in [3.63, 3.8) is 0 Å². The van der Waals surface area contributed by atoms with Crippen LogP contribution in [0.25, 0.3) is 28.3 Å². The molecule has 30 heavy (non-hydrogen) atoms. The number of hydrogen-bond acceptors (Lipinski definition) is 5. The lowest BCUT2D eigenvalue weighted by Crippen LogP contribution is -2.14. The number of aromatic amines is 1. The van der Waals surface area contributed by atoms with Crippen LogP contribution in [0.4, 0.5) is 5.69 Å². The van der Waals surface area contributed by atoms with Gasteiger partial charge in [0, 0.05) is 5.69 Å². The molecule has 2 aromatic carbocycles. The summed E-state index contributed by atoms with van der Waals surface area (Å²) in [4.78, 5) is 20.5. The first-order valence-electron chi connectivity index (χ1n) is 9.43. The molecule has 5 aromatic rings. The molecule has 2 N–H and O–H groups in total. The zero-order valence-corrected chi connectivity index (χ0v) is 16.4. The minimum absolute atomic E-state index is 0.275. The Labute approximate surface area is 171 Å². The second-order valence-corrected chi connectivity index (χ2v) is 7.02. The van der Waals surface area contributed by atoms with Gasteiger partial charge in [0.1, 0.15) is 0 Å². The fourth-order valence-electron chi connectivity index (χ4n) is 3.28. The second-order valence-electron chi connectivity index (χ2n) is 7.02.